The molecule has 0 bridgehead atoms. The van der Waals surface area contributed by atoms with Crippen LogP contribution in [-0.2, 0) is 0 Å². The van der Waals surface area contributed by atoms with Crippen molar-refractivity contribution < 1.29 is 4.74 Å². The van der Waals surface area contributed by atoms with E-state index in [-0.39, 0.29) is 0 Å². The van der Waals surface area contributed by atoms with E-state index in [1.165, 1.54) is 0 Å². The molecule has 5 heteroatoms. The van der Waals surface area contributed by atoms with Crippen molar-refractivity contribution in [3.8, 4) is 5.75 Å². The fourth-order valence-electron chi connectivity index (χ4n) is 1.45. The zero-order chi connectivity index (χ0) is 12.8. The summed E-state index contributed by atoms with van der Waals surface area (Å²) in [5.74, 6) is 1.56. The maximum atomic E-state index is 5.47. The summed E-state index contributed by atoms with van der Waals surface area (Å²) in [7, 11) is 0. The number of nitrogens with one attached hydrogen (secondary N) is 1. The second kappa shape index (κ2) is 6.37. The van der Waals surface area contributed by atoms with E-state index in [0.29, 0.717) is 13.2 Å². The first-order chi connectivity index (χ1) is 8.79. The SMILES string of the molecule is NCCOc1cccc(Nc2ncccc2Br)c1. The topological polar surface area (TPSA) is 60.2 Å². The molecule has 0 aliphatic rings. The Morgan fingerprint density at radius 3 is 2.94 bits per heavy atom. The van der Waals surface area contributed by atoms with Crippen molar-refractivity contribution in [1.29, 1.82) is 0 Å². The van der Waals surface area contributed by atoms with Crippen LogP contribution in [0.3, 0.4) is 0 Å². The zero-order valence-corrected chi connectivity index (χ0v) is 11.4. The second-order valence-electron chi connectivity index (χ2n) is 3.62. The third-order valence-electron chi connectivity index (χ3n) is 2.24. The summed E-state index contributed by atoms with van der Waals surface area (Å²) in [5.41, 5.74) is 6.32. The first-order valence-corrected chi connectivity index (χ1v) is 6.39. The highest BCUT2D eigenvalue weighted by molar-refractivity contribution is 9.10. The number of aromatic nitrogens is 1. The number of anilines is 2. The lowest BCUT2D eigenvalue weighted by Crippen LogP contribution is -2.10. The monoisotopic (exact) mass is 307 g/mol. The Bertz CT molecular complexity index is 519. The number of halogens is 1. The van der Waals surface area contributed by atoms with Gasteiger partial charge in [-0.2, -0.15) is 0 Å². The molecule has 0 unspecified atom stereocenters. The molecule has 0 aliphatic carbocycles. The van der Waals surface area contributed by atoms with Crippen LogP contribution in [0.5, 0.6) is 5.75 Å². The minimum absolute atomic E-state index is 0.503. The molecule has 0 saturated heterocycles. The molecule has 2 rings (SSSR count). The first-order valence-electron chi connectivity index (χ1n) is 5.60. The molecule has 0 atom stereocenters. The van der Waals surface area contributed by atoms with Gasteiger partial charge in [0.25, 0.3) is 0 Å². The highest BCUT2D eigenvalue weighted by Gasteiger charge is 2.01. The van der Waals surface area contributed by atoms with Crippen molar-refractivity contribution >= 4 is 27.4 Å². The van der Waals surface area contributed by atoms with Gasteiger partial charge in [0.2, 0.25) is 0 Å². The molecule has 18 heavy (non-hydrogen) atoms. The molecule has 2 aromatic rings. The number of benzene rings is 1. The third-order valence-corrected chi connectivity index (χ3v) is 2.88. The minimum atomic E-state index is 0.503. The van der Waals surface area contributed by atoms with Gasteiger partial charge < -0.3 is 15.8 Å². The summed E-state index contributed by atoms with van der Waals surface area (Å²) in [5, 5.41) is 3.22. The van der Waals surface area contributed by atoms with E-state index < -0.39 is 0 Å². The van der Waals surface area contributed by atoms with Gasteiger partial charge in [0, 0.05) is 24.5 Å². The predicted octanol–water partition coefficient (Wildman–Crippen LogP) is 2.93. The van der Waals surface area contributed by atoms with E-state index in [9.17, 15) is 0 Å². The summed E-state index contributed by atoms with van der Waals surface area (Å²) in [6.45, 7) is 1.01. The van der Waals surface area contributed by atoms with Gasteiger partial charge in [0.15, 0.2) is 0 Å². The lowest BCUT2D eigenvalue weighted by Gasteiger charge is -2.09. The average molecular weight is 308 g/mol. The summed E-state index contributed by atoms with van der Waals surface area (Å²) in [6.07, 6.45) is 1.74. The average Bonchev–Trinajstić information content (AvgIpc) is 2.40. The van der Waals surface area contributed by atoms with Crippen molar-refractivity contribution in [3.05, 3.63) is 47.1 Å². The summed E-state index contributed by atoms with van der Waals surface area (Å²) in [6, 6.07) is 11.5. The molecule has 4 nitrogen and oxygen atoms in total. The summed E-state index contributed by atoms with van der Waals surface area (Å²) >= 11 is 3.44. The number of hydrogen-bond acceptors (Lipinski definition) is 4. The van der Waals surface area contributed by atoms with Gasteiger partial charge in [-0.15, -0.1) is 0 Å². The van der Waals surface area contributed by atoms with Crippen molar-refractivity contribution in [3.63, 3.8) is 0 Å². The van der Waals surface area contributed by atoms with Crippen LogP contribution in [0.4, 0.5) is 11.5 Å². The summed E-state index contributed by atoms with van der Waals surface area (Å²) < 4.78 is 6.38. The molecule has 0 amide bonds. The molecule has 94 valence electrons. The van der Waals surface area contributed by atoms with Crippen LogP contribution < -0.4 is 15.8 Å². The molecule has 3 N–H and O–H groups in total. The number of nitrogens with zero attached hydrogens (tertiary/aromatic N) is 1. The second-order valence-corrected chi connectivity index (χ2v) is 4.48. The normalized spacial score (nSPS) is 10.1. The van der Waals surface area contributed by atoms with Gasteiger partial charge in [-0.3, -0.25) is 0 Å². The number of pyridine rings is 1. The number of ether oxygens (including phenoxy) is 1. The maximum absolute atomic E-state index is 5.47. The van der Waals surface area contributed by atoms with Crippen molar-refractivity contribution in [2.75, 3.05) is 18.5 Å². The van der Waals surface area contributed by atoms with E-state index in [1.54, 1.807) is 6.20 Å². The zero-order valence-electron chi connectivity index (χ0n) is 9.77. The smallest absolute Gasteiger partial charge is 0.144 e. The molecular formula is C13H14BrN3O. The highest BCUT2D eigenvalue weighted by atomic mass is 79.9. The Hall–Kier alpha value is -1.59. The summed E-state index contributed by atoms with van der Waals surface area (Å²) in [4.78, 5) is 4.25. The molecule has 0 spiro atoms. The fraction of sp³-hybridized carbons (Fsp3) is 0.154. The van der Waals surface area contributed by atoms with Crippen LogP contribution in [0.25, 0.3) is 0 Å². The van der Waals surface area contributed by atoms with Gasteiger partial charge in [0.1, 0.15) is 18.2 Å². The molecule has 0 saturated carbocycles. The third kappa shape index (κ3) is 3.45. The predicted molar refractivity (Wildman–Crippen MR) is 76.2 cm³/mol. The molecular weight excluding hydrogens is 294 g/mol. The molecule has 1 aromatic heterocycles. The van der Waals surface area contributed by atoms with Gasteiger partial charge in [-0.1, -0.05) is 6.07 Å². The minimum Gasteiger partial charge on any atom is -0.492 e. The van der Waals surface area contributed by atoms with Gasteiger partial charge in [-0.05, 0) is 40.2 Å². The number of hydrogen-bond donors (Lipinski definition) is 2. The van der Waals surface area contributed by atoms with E-state index in [0.717, 1.165) is 21.7 Å². The maximum Gasteiger partial charge on any atom is 0.144 e. The van der Waals surface area contributed by atoms with Gasteiger partial charge in [0.05, 0.1) is 4.47 Å². The van der Waals surface area contributed by atoms with E-state index >= 15 is 0 Å². The Morgan fingerprint density at radius 2 is 2.17 bits per heavy atom. The standard InChI is InChI=1S/C13H14BrN3O/c14-12-5-2-7-16-13(12)17-10-3-1-4-11(9-10)18-8-6-15/h1-5,7,9H,6,8,15H2,(H,16,17). The van der Waals surface area contributed by atoms with Gasteiger partial charge >= 0.3 is 0 Å². The van der Waals surface area contributed by atoms with Crippen LogP contribution >= 0.6 is 15.9 Å². The fourth-order valence-corrected chi connectivity index (χ4v) is 1.81. The van der Waals surface area contributed by atoms with Crippen molar-refractivity contribution in [2.45, 2.75) is 0 Å². The molecule has 0 aliphatic heterocycles. The first kappa shape index (κ1) is 12.9. The van der Waals surface area contributed by atoms with E-state index in [4.69, 9.17) is 10.5 Å². The van der Waals surface area contributed by atoms with Gasteiger partial charge in [-0.25, -0.2) is 4.98 Å². The van der Waals surface area contributed by atoms with Crippen LogP contribution in [0.2, 0.25) is 0 Å². The molecule has 0 fully saturated rings. The van der Waals surface area contributed by atoms with Crippen LogP contribution in [0, 0.1) is 0 Å². The Kier molecular flexibility index (Phi) is 4.55. The van der Waals surface area contributed by atoms with E-state index in [2.05, 4.69) is 26.2 Å². The molecule has 0 radical (unpaired) electrons. The molecule has 1 aromatic carbocycles. The van der Waals surface area contributed by atoms with E-state index in [1.807, 2.05) is 36.4 Å². The number of rotatable bonds is 5. The van der Waals surface area contributed by atoms with Crippen molar-refractivity contribution in [2.24, 2.45) is 5.73 Å². The van der Waals surface area contributed by atoms with Crippen LogP contribution in [-0.4, -0.2) is 18.1 Å². The number of nitrogens with two attached hydrogens (primary N) is 1. The lowest BCUT2D eigenvalue weighted by molar-refractivity contribution is 0.328. The largest absolute Gasteiger partial charge is 0.492 e. The van der Waals surface area contributed by atoms with Crippen LogP contribution in [0.1, 0.15) is 0 Å². The Balaban J connectivity index is 2.12. The lowest BCUT2D eigenvalue weighted by atomic mass is 10.3. The molecule has 1 heterocycles. The Labute approximate surface area is 114 Å². The van der Waals surface area contributed by atoms with Crippen LogP contribution in [0.15, 0.2) is 47.1 Å². The Morgan fingerprint density at radius 1 is 1.28 bits per heavy atom. The van der Waals surface area contributed by atoms with Crippen molar-refractivity contribution in [1.82, 2.24) is 4.98 Å². The quantitative estimate of drug-likeness (QED) is 0.891. The highest BCUT2D eigenvalue weighted by Crippen LogP contribution is 2.25.